The maximum Gasteiger partial charge on any atom is 0.472 e. The Bertz CT molecular complexity index is 911. The van der Waals surface area contributed by atoms with Crippen molar-refractivity contribution in [1.29, 1.82) is 0 Å². The summed E-state index contributed by atoms with van der Waals surface area (Å²) in [4.78, 5) is 23.0. The van der Waals surface area contributed by atoms with E-state index in [9.17, 15) is 39.8 Å². The molecule has 1 rings (SSSR count). The molecule has 6 atom stereocenters. The third-order valence-corrected chi connectivity index (χ3v) is 11.5. The zero-order chi connectivity index (χ0) is 39.9. The smallest absolute Gasteiger partial charge is 0.457 e. The van der Waals surface area contributed by atoms with E-state index in [-0.39, 0.29) is 13.0 Å². The minimum atomic E-state index is -5.00. The second-order valence-corrected chi connectivity index (χ2v) is 17.0. The van der Waals surface area contributed by atoms with Crippen LogP contribution in [0.2, 0.25) is 0 Å². The van der Waals surface area contributed by atoms with E-state index in [1.165, 1.54) is 128 Å². The highest BCUT2D eigenvalue weighted by molar-refractivity contribution is 7.47. The van der Waals surface area contributed by atoms with Gasteiger partial charge in [-0.2, -0.15) is 0 Å². The second-order valence-electron chi connectivity index (χ2n) is 15.6. The summed E-state index contributed by atoms with van der Waals surface area (Å²) in [5, 5.41) is 50.0. The fraction of sp³-hybridized carbons (Fsp3) is 0.976. The molecular weight excluding hydrogens is 715 g/mol. The molecule has 0 heterocycles. The predicted octanol–water partition coefficient (Wildman–Crippen LogP) is 8.20. The van der Waals surface area contributed by atoms with Crippen molar-refractivity contribution in [3.63, 3.8) is 0 Å². The molecule has 0 bridgehead atoms. The van der Waals surface area contributed by atoms with Crippen LogP contribution in [0.4, 0.5) is 0 Å². The fourth-order valence-corrected chi connectivity index (χ4v) is 7.92. The molecule has 1 saturated carbocycles. The van der Waals surface area contributed by atoms with Gasteiger partial charge in [-0.05, 0) is 12.8 Å². The lowest BCUT2D eigenvalue weighted by atomic mass is 9.85. The third kappa shape index (κ3) is 25.6. The summed E-state index contributed by atoms with van der Waals surface area (Å²) < 4.78 is 34.0. The molecule has 6 unspecified atom stereocenters. The first-order chi connectivity index (χ1) is 26.0. The number of carbonyl (C=O) groups is 1. The van der Waals surface area contributed by atoms with Crippen molar-refractivity contribution in [2.45, 2.75) is 236 Å². The van der Waals surface area contributed by atoms with Crippen LogP contribution < -0.4 is 0 Å². The molecule has 0 amide bonds. The second kappa shape index (κ2) is 33.3. The summed E-state index contributed by atoms with van der Waals surface area (Å²) in [6.07, 6.45) is 20.5. The molecule has 322 valence electrons. The van der Waals surface area contributed by atoms with Gasteiger partial charge in [0.05, 0.1) is 13.2 Å². The van der Waals surface area contributed by atoms with Crippen LogP contribution in [0.25, 0.3) is 0 Å². The SMILES string of the molecule is CCCCCCCCCCCCCCCCCCCCOCC(COP(=O)(O)OC1C(O)C(O)C(O)C(O)C1O)OC(=O)CCCCCCCCCCC. The van der Waals surface area contributed by atoms with Crippen molar-refractivity contribution < 1.29 is 58.3 Å². The van der Waals surface area contributed by atoms with Gasteiger partial charge >= 0.3 is 13.8 Å². The van der Waals surface area contributed by atoms with Gasteiger partial charge in [0.1, 0.15) is 42.7 Å². The number of hydrogen-bond acceptors (Lipinski definition) is 11. The number of ether oxygens (including phenoxy) is 2. The topological polar surface area (TPSA) is 192 Å². The zero-order valence-corrected chi connectivity index (χ0v) is 34.9. The van der Waals surface area contributed by atoms with Gasteiger partial charge in [-0.1, -0.05) is 174 Å². The third-order valence-electron chi connectivity index (χ3n) is 10.5. The lowest BCUT2D eigenvalue weighted by Crippen LogP contribution is -2.64. The Hall–Kier alpha value is -0.660. The van der Waals surface area contributed by atoms with E-state index in [1.807, 2.05) is 0 Å². The van der Waals surface area contributed by atoms with E-state index < -0.39 is 63.1 Å². The molecule has 13 heteroatoms. The van der Waals surface area contributed by atoms with Crippen molar-refractivity contribution in [1.82, 2.24) is 0 Å². The Morgan fingerprint density at radius 1 is 0.519 bits per heavy atom. The quantitative estimate of drug-likeness (QED) is 0.0201. The summed E-state index contributed by atoms with van der Waals surface area (Å²) >= 11 is 0. The Labute approximate surface area is 327 Å². The highest BCUT2D eigenvalue weighted by atomic mass is 31.2. The van der Waals surface area contributed by atoms with E-state index in [1.54, 1.807) is 0 Å². The van der Waals surface area contributed by atoms with Crippen LogP contribution >= 0.6 is 7.82 Å². The van der Waals surface area contributed by atoms with E-state index in [0.717, 1.165) is 38.5 Å². The predicted molar refractivity (Wildman–Crippen MR) is 212 cm³/mol. The van der Waals surface area contributed by atoms with Crippen LogP contribution in [0.1, 0.15) is 194 Å². The van der Waals surface area contributed by atoms with Crippen molar-refractivity contribution in [3.05, 3.63) is 0 Å². The number of phosphoric acid groups is 1. The number of aliphatic hydroxyl groups excluding tert-OH is 5. The average Bonchev–Trinajstić information content (AvgIpc) is 3.15. The molecule has 1 fully saturated rings. The molecule has 0 saturated heterocycles. The summed E-state index contributed by atoms with van der Waals surface area (Å²) in [5.74, 6) is -0.477. The molecule has 1 aliphatic rings. The van der Waals surface area contributed by atoms with E-state index >= 15 is 0 Å². The van der Waals surface area contributed by atoms with Crippen molar-refractivity contribution in [3.8, 4) is 0 Å². The van der Waals surface area contributed by atoms with Crippen LogP contribution in [-0.4, -0.2) is 98.9 Å². The molecule has 0 aliphatic heterocycles. The Kier molecular flexibility index (Phi) is 31.7. The van der Waals surface area contributed by atoms with Gasteiger partial charge in [0.2, 0.25) is 0 Å². The minimum Gasteiger partial charge on any atom is -0.457 e. The molecule has 0 radical (unpaired) electrons. The van der Waals surface area contributed by atoms with Gasteiger partial charge in [0, 0.05) is 13.0 Å². The maximum atomic E-state index is 12.8. The summed E-state index contributed by atoms with van der Waals surface area (Å²) in [6, 6.07) is 0. The van der Waals surface area contributed by atoms with Crippen LogP contribution in [0.15, 0.2) is 0 Å². The highest BCUT2D eigenvalue weighted by Crippen LogP contribution is 2.47. The van der Waals surface area contributed by atoms with Gasteiger partial charge in [-0.3, -0.25) is 13.8 Å². The molecule has 12 nitrogen and oxygen atoms in total. The van der Waals surface area contributed by atoms with Crippen LogP contribution in [0.5, 0.6) is 0 Å². The number of rotatable bonds is 37. The van der Waals surface area contributed by atoms with Crippen LogP contribution in [0, 0.1) is 0 Å². The molecule has 0 spiro atoms. The summed E-state index contributed by atoms with van der Waals surface area (Å²) in [7, 11) is -5.00. The van der Waals surface area contributed by atoms with Gasteiger partial charge in [0.15, 0.2) is 0 Å². The summed E-state index contributed by atoms with van der Waals surface area (Å²) in [5.41, 5.74) is 0. The molecule has 1 aliphatic carbocycles. The van der Waals surface area contributed by atoms with E-state index in [0.29, 0.717) is 13.0 Å². The van der Waals surface area contributed by atoms with Gasteiger partial charge in [0.25, 0.3) is 0 Å². The first-order valence-electron chi connectivity index (χ1n) is 21.9. The number of esters is 1. The van der Waals surface area contributed by atoms with Crippen molar-refractivity contribution in [2.75, 3.05) is 19.8 Å². The lowest BCUT2D eigenvalue weighted by Gasteiger charge is -2.41. The number of hydrogen-bond donors (Lipinski definition) is 6. The molecule has 0 aromatic rings. The minimum absolute atomic E-state index is 0.0687. The average molecular weight is 797 g/mol. The fourth-order valence-electron chi connectivity index (χ4n) is 6.94. The Morgan fingerprint density at radius 3 is 1.28 bits per heavy atom. The molecule has 0 aromatic heterocycles. The highest BCUT2D eigenvalue weighted by Gasteiger charge is 2.51. The van der Waals surface area contributed by atoms with Gasteiger partial charge < -0.3 is 39.9 Å². The van der Waals surface area contributed by atoms with Gasteiger partial charge in [-0.25, -0.2) is 4.57 Å². The van der Waals surface area contributed by atoms with E-state index in [2.05, 4.69) is 13.8 Å². The molecule has 0 aromatic carbocycles. The molecule has 54 heavy (non-hydrogen) atoms. The summed E-state index contributed by atoms with van der Waals surface area (Å²) in [6.45, 7) is 4.25. The number of carbonyl (C=O) groups excluding carboxylic acids is 1. The Morgan fingerprint density at radius 2 is 0.870 bits per heavy atom. The first kappa shape index (κ1) is 51.4. The molecular formula is C41H81O12P. The van der Waals surface area contributed by atoms with Gasteiger partial charge in [-0.15, -0.1) is 0 Å². The number of unbranched alkanes of at least 4 members (excludes halogenated alkanes) is 25. The number of aliphatic hydroxyl groups is 5. The lowest BCUT2D eigenvalue weighted by molar-refractivity contribution is -0.220. The zero-order valence-electron chi connectivity index (χ0n) is 34.0. The standard InChI is InChI=1S/C41H81O12P/c1-3-5-7-9-11-13-14-15-16-17-18-19-20-21-23-25-27-29-31-50-32-34(52-35(42)30-28-26-24-22-12-10-8-6-4-2)33-51-54(48,49)53-41-39(46)37(44)36(43)38(45)40(41)47/h34,36-41,43-47H,3-33H2,1-2H3,(H,48,49). The van der Waals surface area contributed by atoms with Crippen molar-refractivity contribution in [2.24, 2.45) is 0 Å². The van der Waals surface area contributed by atoms with Crippen LogP contribution in [-0.2, 0) is 27.9 Å². The Balaban J connectivity index is 2.35. The molecule has 6 N–H and O–H groups in total. The first-order valence-corrected chi connectivity index (χ1v) is 23.4. The largest absolute Gasteiger partial charge is 0.472 e. The monoisotopic (exact) mass is 797 g/mol. The maximum absolute atomic E-state index is 12.8. The van der Waals surface area contributed by atoms with E-state index in [4.69, 9.17) is 18.5 Å². The number of phosphoric ester groups is 1. The normalized spacial score (nSPS) is 23.3. The van der Waals surface area contributed by atoms with Crippen LogP contribution in [0.3, 0.4) is 0 Å². The van der Waals surface area contributed by atoms with Crippen molar-refractivity contribution >= 4 is 13.8 Å².